The van der Waals surface area contributed by atoms with E-state index in [0.717, 1.165) is 28.3 Å². The van der Waals surface area contributed by atoms with Gasteiger partial charge in [-0.3, -0.25) is 4.90 Å². The first-order chi connectivity index (χ1) is 13.1. The number of halogens is 1. The van der Waals surface area contributed by atoms with Crippen LogP contribution >= 0.6 is 11.6 Å². The van der Waals surface area contributed by atoms with E-state index in [4.69, 9.17) is 11.6 Å². The fraction of sp³-hybridized carbons (Fsp3) is 0.167. The topological polar surface area (TPSA) is 23.5 Å². The van der Waals surface area contributed by atoms with Crippen LogP contribution in [0.25, 0.3) is 12.2 Å². The Balaban J connectivity index is 1.56. The Hall–Kier alpha value is -2.39. The molecule has 1 atom stereocenters. The van der Waals surface area contributed by atoms with Gasteiger partial charge in [0.05, 0.1) is 6.10 Å². The third-order valence-corrected chi connectivity index (χ3v) is 4.69. The highest BCUT2D eigenvalue weighted by Crippen LogP contribution is 2.18. The molecule has 0 saturated carbocycles. The number of nitrogens with zero attached hydrogens (tertiary/aromatic N) is 1. The first kappa shape index (κ1) is 19.4. The standard InChI is InChI=1S/C24H24ClNO/c1-26(17-21-5-3-2-4-6-21)18-24(27)22-13-9-19(10-14-22)7-8-20-11-15-23(25)16-12-20/h2-16,24,27H,17-18H2,1H3/b8-7+/t24-/m1/s1. The molecule has 1 N–H and O–H groups in total. The Morgan fingerprint density at radius 3 is 2.00 bits per heavy atom. The zero-order chi connectivity index (χ0) is 19.1. The highest BCUT2D eigenvalue weighted by atomic mass is 35.5. The summed E-state index contributed by atoms with van der Waals surface area (Å²) in [7, 11) is 2.03. The number of benzene rings is 3. The molecule has 0 spiro atoms. The Morgan fingerprint density at radius 1 is 0.852 bits per heavy atom. The number of aliphatic hydroxyl groups is 1. The van der Waals surface area contributed by atoms with Crippen LogP contribution in [0.1, 0.15) is 28.4 Å². The highest BCUT2D eigenvalue weighted by Gasteiger charge is 2.10. The van der Waals surface area contributed by atoms with Crippen LogP contribution in [-0.4, -0.2) is 23.6 Å². The van der Waals surface area contributed by atoms with E-state index in [-0.39, 0.29) is 0 Å². The second-order valence-electron chi connectivity index (χ2n) is 6.75. The van der Waals surface area contributed by atoms with Gasteiger partial charge in [-0.25, -0.2) is 0 Å². The molecular weight excluding hydrogens is 354 g/mol. The molecule has 3 rings (SSSR count). The summed E-state index contributed by atoms with van der Waals surface area (Å²) >= 11 is 5.91. The van der Waals surface area contributed by atoms with E-state index in [0.29, 0.717) is 6.54 Å². The lowest BCUT2D eigenvalue weighted by Gasteiger charge is -2.21. The normalized spacial score (nSPS) is 12.6. The third kappa shape index (κ3) is 6.07. The Labute approximate surface area is 166 Å². The second-order valence-corrected chi connectivity index (χ2v) is 7.19. The maximum Gasteiger partial charge on any atom is 0.0916 e. The Bertz CT molecular complexity index is 857. The van der Waals surface area contributed by atoms with Gasteiger partial charge in [0.15, 0.2) is 0 Å². The molecule has 0 bridgehead atoms. The van der Waals surface area contributed by atoms with Crippen LogP contribution in [0.3, 0.4) is 0 Å². The van der Waals surface area contributed by atoms with E-state index in [1.807, 2.05) is 73.8 Å². The minimum absolute atomic E-state index is 0.506. The number of aliphatic hydroxyl groups excluding tert-OH is 1. The average molecular weight is 378 g/mol. The summed E-state index contributed by atoms with van der Waals surface area (Å²) in [5.41, 5.74) is 4.37. The van der Waals surface area contributed by atoms with E-state index in [2.05, 4.69) is 29.2 Å². The lowest BCUT2D eigenvalue weighted by molar-refractivity contribution is 0.124. The molecule has 3 aromatic carbocycles. The first-order valence-electron chi connectivity index (χ1n) is 9.04. The number of hydrogen-bond acceptors (Lipinski definition) is 2. The average Bonchev–Trinajstić information content (AvgIpc) is 2.68. The van der Waals surface area contributed by atoms with Crippen LogP contribution in [0.15, 0.2) is 78.9 Å². The molecule has 2 nitrogen and oxygen atoms in total. The summed E-state index contributed by atoms with van der Waals surface area (Å²) in [5, 5.41) is 11.3. The van der Waals surface area contributed by atoms with Crippen molar-refractivity contribution < 1.29 is 5.11 Å². The van der Waals surface area contributed by atoms with Crippen molar-refractivity contribution in [1.82, 2.24) is 4.90 Å². The highest BCUT2D eigenvalue weighted by molar-refractivity contribution is 6.30. The van der Waals surface area contributed by atoms with Crippen molar-refractivity contribution in [2.45, 2.75) is 12.6 Å². The quantitative estimate of drug-likeness (QED) is 0.536. The van der Waals surface area contributed by atoms with Gasteiger partial charge in [-0.05, 0) is 41.4 Å². The summed E-state index contributed by atoms with van der Waals surface area (Å²) in [5.74, 6) is 0. The van der Waals surface area contributed by atoms with E-state index in [1.54, 1.807) is 0 Å². The molecule has 138 valence electrons. The first-order valence-corrected chi connectivity index (χ1v) is 9.42. The van der Waals surface area contributed by atoms with Crippen molar-refractivity contribution >= 4 is 23.8 Å². The van der Waals surface area contributed by atoms with Crippen molar-refractivity contribution in [3.8, 4) is 0 Å². The molecule has 0 aliphatic carbocycles. The molecule has 0 aliphatic rings. The Morgan fingerprint density at radius 2 is 1.41 bits per heavy atom. The van der Waals surface area contributed by atoms with Crippen molar-refractivity contribution in [3.63, 3.8) is 0 Å². The molecule has 0 radical (unpaired) electrons. The van der Waals surface area contributed by atoms with Crippen LogP contribution in [0.4, 0.5) is 0 Å². The predicted molar refractivity (Wildman–Crippen MR) is 115 cm³/mol. The van der Waals surface area contributed by atoms with Crippen LogP contribution < -0.4 is 0 Å². The zero-order valence-corrected chi connectivity index (χ0v) is 16.2. The van der Waals surface area contributed by atoms with Gasteiger partial charge in [0.2, 0.25) is 0 Å². The van der Waals surface area contributed by atoms with Gasteiger partial charge in [0, 0.05) is 18.1 Å². The maximum absolute atomic E-state index is 10.5. The number of hydrogen-bond donors (Lipinski definition) is 1. The molecule has 0 aromatic heterocycles. The molecule has 0 unspecified atom stereocenters. The SMILES string of the molecule is CN(Cc1ccccc1)C[C@@H](O)c1ccc(/C=C/c2ccc(Cl)cc2)cc1. The largest absolute Gasteiger partial charge is 0.387 e. The van der Waals surface area contributed by atoms with Gasteiger partial charge in [-0.1, -0.05) is 90.5 Å². The molecule has 27 heavy (non-hydrogen) atoms. The van der Waals surface area contributed by atoms with E-state index < -0.39 is 6.10 Å². The van der Waals surface area contributed by atoms with Crippen molar-refractivity contribution in [2.75, 3.05) is 13.6 Å². The lowest BCUT2D eigenvalue weighted by Crippen LogP contribution is -2.24. The molecule has 0 saturated heterocycles. The van der Waals surface area contributed by atoms with Crippen molar-refractivity contribution in [1.29, 1.82) is 0 Å². The molecular formula is C24H24ClNO. The summed E-state index contributed by atoms with van der Waals surface area (Å²) in [4.78, 5) is 2.13. The zero-order valence-electron chi connectivity index (χ0n) is 15.4. The third-order valence-electron chi connectivity index (χ3n) is 4.44. The molecule has 0 fully saturated rings. The molecule has 0 amide bonds. The van der Waals surface area contributed by atoms with Gasteiger partial charge >= 0.3 is 0 Å². The molecule has 0 aliphatic heterocycles. The minimum atomic E-state index is -0.506. The number of rotatable bonds is 7. The number of likely N-dealkylation sites (N-methyl/N-ethyl adjacent to an activating group) is 1. The molecule has 3 aromatic rings. The molecule has 0 heterocycles. The van der Waals surface area contributed by atoms with Gasteiger partial charge in [-0.15, -0.1) is 0 Å². The lowest BCUT2D eigenvalue weighted by atomic mass is 10.1. The van der Waals surface area contributed by atoms with Crippen LogP contribution in [-0.2, 0) is 6.54 Å². The monoisotopic (exact) mass is 377 g/mol. The second kappa shape index (κ2) is 9.52. The van der Waals surface area contributed by atoms with Gasteiger partial charge in [0.1, 0.15) is 0 Å². The van der Waals surface area contributed by atoms with E-state index >= 15 is 0 Å². The van der Waals surface area contributed by atoms with Gasteiger partial charge in [-0.2, -0.15) is 0 Å². The minimum Gasteiger partial charge on any atom is -0.387 e. The summed E-state index contributed by atoms with van der Waals surface area (Å²) < 4.78 is 0. The van der Waals surface area contributed by atoms with Crippen molar-refractivity contribution in [2.24, 2.45) is 0 Å². The van der Waals surface area contributed by atoms with E-state index in [9.17, 15) is 5.11 Å². The summed E-state index contributed by atoms with van der Waals surface area (Å²) in [6.45, 7) is 1.41. The maximum atomic E-state index is 10.5. The molecule has 3 heteroatoms. The van der Waals surface area contributed by atoms with Crippen molar-refractivity contribution in [3.05, 3.63) is 106 Å². The van der Waals surface area contributed by atoms with Gasteiger partial charge < -0.3 is 5.11 Å². The van der Waals surface area contributed by atoms with Crippen LogP contribution in [0.5, 0.6) is 0 Å². The fourth-order valence-electron chi connectivity index (χ4n) is 2.96. The van der Waals surface area contributed by atoms with Crippen LogP contribution in [0.2, 0.25) is 5.02 Å². The summed E-state index contributed by atoms with van der Waals surface area (Å²) in [6, 6.07) is 26.1. The van der Waals surface area contributed by atoms with Crippen LogP contribution in [0, 0.1) is 0 Å². The Kier molecular flexibility index (Phi) is 6.83. The predicted octanol–water partition coefficient (Wildman–Crippen LogP) is 5.68. The van der Waals surface area contributed by atoms with Gasteiger partial charge in [0.25, 0.3) is 0 Å². The smallest absolute Gasteiger partial charge is 0.0916 e. The fourth-order valence-corrected chi connectivity index (χ4v) is 3.08. The summed E-state index contributed by atoms with van der Waals surface area (Å²) in [6.07, 6.45) is 3.60. The van der Waals surface area contributed by atoms with E-state index in [1.165, 1.54) is 5.56 Å².